The minimum Gasteiger partial charge on any atom is -0.489 e. The summed E-state index contributed by atoms with van der Waals surface area (Å²) in [6.45, 7) is 0.183. The summed E-state index contributed by atoms with van der Waals surface area (Å²) in [5.41, 5.74) is 3.66. The molecule has 0 aliphatic carbocycles. The molecule has 0 heterocycles. The molecule has 0 unspecified atom stereocenters. The summed E-state index contributed by atoms with van der Waals surface area (Å²) in [5, 5.41) is 7.56. The maximum atomic E-state index is 12.0. The highest BCUT2D eigenvalue weighted by Crippen LogP contribution is 2.29. The topological polar surface area (TPSA) is 79.8 Å². The minimum atomic E-state index is -0.974. The van der Waals surface area contributed by atoms with Crippen LogP contribution in [0, 0.1) is 0 Å². The van der Waals surface area contributed by atoms with E-state index in [1.54, 1.807) is 54.6 Å². The number of hydrazone groups is 1. The van der Waals surface area contributed by atoms with Crippen molar-refractivity contribution in [2.45, 2.75) is 6.61 Å². The van der Waals surface area contributed by atoms with Gasteiger partial charge in [0.05, 0.1) is 21.9 Å². The largest absolute Gasteiger partial charge is 0.489 e. The summed E-state index contributed by atoms with van der Waals surface area (Å²) in [5.74, 6) is -1.37. The molecule has 0 saturated carbocycles. The third-order valence-electron chi connectivity index (χ3n) is 4.09. The number of anilines is 1. The standard InChI is InChI=1S/C22H15Cl4N3O3/c23-16-6-2-7-17(24)15(16)12-32-14-5-1-4-13(10-14)11-27-29-22(31)21(30)28-19-9-3-8-18(25)20(19)26/h1-11H,12H2,(H,28,30)(H,29,31)/b27-11-. The van der Waals surface area contributed by atoms with E-state index >= 15 is 0 Å². The smallest absolute Gasteiger partial charge is 0.329 e. The average molecular weight is 511 g/mol. The van der Waals surface area contributed by atoms with Crippen LogP contribution in [-0.4, -0.2) is 18.0 Å². The molecule has 2 amide bonds. The van der Waals surface area contributed by atoms with Gasteiger partial charge in [0.1, 0.15) is 12.4 Å². The van der Waals surface area contributed by atoms with E-state index in [4.69, 9.17) is 51.1 Å². The van der Waals surface area contributed by atoms with Gasteiger partial charge < -0.3 is 10.1 Å². The van der Waals surface area contributed by atoms with Gasteiger partial charge >= 0.3 is 11.8 Å². The SMILES string of the molecule is O=C(N/N=C\c1cccc(OCc2c(Cl)cccc2Cl)c1)C(=O)Nc1cccc(Cl)c1Cl. The Bertz CT molecular complexity index is 1160. The number of hydrogen-bond acceptors (Lipinski definition) is 4. The Balaban J connectivity index is 1.56. The summed E-state index contributed by atoms with van der Waals surface area (Å²) in [4.78, 5) is 24.0. The van der Waals surface area contributed by atoms with Gasteiger partial charge in [-0.15, -0.1) is 0 Å². The van der Waals surface area contributed by atoms with Crippen LogP contribution in [0.1, 0.15) is 11.1 Å². The van der Waals surface area contributed by atoms with Crippen molar-refractivity contribution >= 4 is 70.1 Å². The predicted octanol–water partition coefficient (Wildman–Crippen LogP) is 5.97. The average Bonchev–Trinajstić information content (AvgIpc) is 2.77. The molecule has 164 valence electrons. The first kappa shape index (κ1) is 23.9. The number of benzene rings is 3. The van der Waals surface area contributed by atoms with Crippen molar-refractivity contribution in [3.8, 4) is 5.75 Å². The highest BCUT2D eigenvalue weighted by molar-refractivity contribution is 6.45. The fourth-order valence-corrected chi connectivity index (χ4v) is 3.36. The number of carbonyl (C=O) groups excluding carboxylic acids is 2. The normalized spacial score (nSPS) is 10.8. The van der Waals surface area contributed by atoms with Crippen molar-refractivity contribution in [2.24, 2.45) is 5.10 Å². The first-order chi connectivity index (χ1) is 15.3. The Kier molecular flexibility index (Phi) is 8.36. The Morgan fingerprint density at radius 2 is 1.53 bits per heavy atom. The van der Waals surface area contributed by atoms with Gasteiger partial charge in [0, 0.05) is 15.6 Å². The Morgan fingerprint density at radius 3 is 2.28 bits per heavy atom. The van der Waals surface area contributed by atoms with E-state index in [-0.39, 0.29) is 22.3 Å². The molecule has 0 radical (unpaired) electrons. The van der Waals surface area contributed by atoms with Gasteiger partial charge in [-0.25, -0.2) is 5.43 Å². The molecule has 3 aromatic carbocycles. The van der Waals surface area contributed by atoms with Crippen molar-refractivity contribution in [1.82, 2.24) is 5.43 Å². The minimum absolute atomic E-state index is 0.133. The second-order valence-electron chi connectivity index (χ2n) is 6.32. The summed E-state index contributed by atoms with van der Waals surface area (Å²) >= 11 is 24.2. The maximum Gasteiger partial charge on any atom is 0.329 e. The fraction of sp³-hybridized carbons (Fsp3) is 0.0455. The van der Waals surface area contributed by atoms with E-state index in [2.05, 4.69) is 15.8 Å². The molecule has 0 spiro atoms. The van der Waals surface area contributed by atoms with E-state index < -0.39 is 11.8 Å². The number of nitrogens with one attached hydrogen (secondary N) is 2. The number of rotatable bonds is 6. The van der Waals surface area contributed by atoms with E-state index in [0.29, 0.717) is 26.9 Å². The highest BCUT2D eigenvalue weighted by atomic mass is 35.5. The first-order valence-electron chi connectivity index (χ1n) is 9.09. The number of ether oxygens (including phenoxy) is 1. The molecule has 3 rings (SSSR count). The quantitative estimate of drug-likeness (QED) is 0.243. The zero-order chi connectivity index (χ0) is 23.1. The molecule has 0 aliphatic rings. The summed E-state index contributed by atoms with van der Waals surface area (Å²) < 4.78 is 5.74. The second kappa shape index (κ2) is 11.2. The molecule has 0 aromatic heterocycles. The molecule has 32 heavy (non-hydrogen) atoms. The monoisotopic (exact) mass is 509 g/mol. The Morgan fingerprint density at radius 1 is 0.875 bits per heavy atom. The van der Waals surface area contributed by atoms with Crippen molar-refractivity contribution in [3.05, 3.63) is 91.9 Å². The van der Waals surface area contributed by atoms with Crippen LogP contribution in [0.15, 0.2) is 65.8 Å². The van der Waals surface area contributed by atoms with Gasteiger partial charge in [0.2, 0.25) is 0 Å². The first-order valence-corrected chi connectivity index (χ1v) is 10.6. The summed E-state index contributed by atoms with van der Waals surface area (Å²) in [6.07, 6.45) is 1.37. The number of amides is 2. The van der Waals surface area contributed by atoms with Crippen LogP contribution >= 0.6 is 46.4 Å². The Hall–Kier alpha value is -2.77. The van der Waals surface area contributed by atoms with Gasteiger partial charge in [0.25, 0.3) is 0 Å². The van der Waals surface area contributed by atoms with Gasteiger partial charge in [-0.1, -0.05) is 70.7 Å². The summed E-state index contributed by atoms with van der Waals surface area (Å²) in [6, 6.07) is 16.8. The molecule has 6 nitrogen and oxygen atoms in total. The maximum absolute atomic E-state index is 12.0. The van der Waals surface area contributed by atoms with Crippen LogP contribution in [0.2, 0.25) is 20.1 Å². The number of hydrogen-bond donors (Lipinski definition) is 2. The van der Waals surface area contributed by atoms with Gasteiger partial charge in [0.15, 0.2) is 0 Å². The lowest BCUT2D eigenvalue weighted by Gasteiger charge is -2.10. The summed E-state index contributed by atoms with van der Waals surface area (Å²) in [7, 11) is 0. The van der Waals surface area contributed by atoms with E-state index in [1.165, 1.54) is 12.3 Å². The van der Waals surface area contributed by atoms with Crippen molar-refractivity contribution < 1.29 is 14.3 Å². The molecule has 0 fully saturated rings. The molecule has 10 heteroatoms. The molecular formula is C22H15Cl4N3O3. The number of halogens is 4. The van der Waals surface area contributed by atoms with Crippen molar-refractivity contribution in [2.75, 3.05) is 5.32 Å². The zero-order valence-corrected chi connectivity index (χ0v) is 19.3. The third kappa shape index (κ3) is 6.37. The van der Waals surface area contributed by atoms with E-state index in [9.17, 15) is 9.59 Å². The van der Waals surface area contributed by atoms with Crippen LogP contribution in [0.5, 0.6) is 5.75 Å². The molecule has 0 aliphatic heterocycles. The third-order valence-corrected chi connectivity index (χ3v) is 5.62. The second-order valence-corrected chi connectivity index (χ2v) is 7.92. The van der Waals surface area contributed by atoms with Gasteiger partial charge in [-0.2, -0.15) is 5.10 Å². The molecule has 3 aromatic rings. The molecule has 2 N–H and O–H groups in total. The van der Waals surface area contributed by atoms with Crippen LogP contribution < -0.4 is 15.5 Å². The lowest BCUT2D eigenvalue weighted by molar-refractivity contribution is -0.136. The lowest BCUT2D eigenvalue weighted by Crippen LogP contribution is -2.32. The lowest BCUT2D eigenvalue weighted by atomic mass is 10.2. The van der Waals surface area contributed by atoms with Gasteiger partial charge in [-0.3, -0.25) is 9.59 Å². The van der Waals surface area contributed by atoms with Crippen molar-refractivity contribution in [3.63, 3.8) is 0 Å². The van der Waals surface area contributed by atoms with Crippen LogP contribution in [0.3, 0.4) is 0 Å². The predicted molar refractivity (Wildman–Crippen MR) is 128 cm³/mol. The van der Waals surface area contributed by atoms with Crippen molar-refractivity contribution in [1.29, 1.82) is 0 Å². The Labute approximate surface area is 204 Å². The number of carbonyl (C=O) groups is 2. The molecule has 0 saturated heterocycles. The molecular weight excluding hydrogens is 496 g/mol. The highest BCUT2D eigenvalue weighted by Gasteiger charge is 2.15. The van der Waals surface area contributed by atoms with E-state index in [1.807, 2.05) is 0 Å². The van der Waals surface area contributed by atoms with Crippen LogP contribution in [0.4, 0.5) is 5.69 Å². The zero-order valence-electron chi connectivity index (χ0n) is 16.2. The van der Waals surface area contributed by atoms with Gasteiger partial charge in [-0.05, 0) is 42.0 Å². The molecule has 0 atom stereocenters. The van der Waals surface area contributed by atoms with Crippen LogP contribution in [0.25, 0.3) is 0 Å². The number of nitrogens with zero attached hydrogens (tertiary/aromatic N) is 1. The van der Waals surface area contributed by atoms with E-state index in [0.717, 1.165) is 0 Å². The molecule has 0 bridgehead atoms. The van der Waals surface area contributed by atoms with Crippen LogP contribution in [-0.2, 0) is 16.2 Å². The fourth-order valence-electron chi connectivity index (χ4n) is 2.51.